The molecule has 0 aliphatic carbocycles. The first kappa shape index (κ1) is 15.5. The fourth-order valence-electron chi connectivity index (χ4n) is 1.42. The van der Waals surface area contributed by atoms with Gasteiger partial charge in [0.15, 0.2) is 5.16 Å². The normalized spacial score (nSPS) is 10.4. The predicted molar refractivity (Wildman–Crippen MR) is 71.0 cm³/mol. The molecule has 0 unspecified atom stereocenters. The van der Waals surface area contributed by atoms with Gasteiger partial charge in [0, 0.05) is 19.5 Å². The summed E-state index contributed by atoms with van der Waals surface area (Å²) in [5.74, 6) is -0.321. The van der Waals surface area contributed by atoms with Crippen LogP contribution in [0.3, 0.4) is 0 Å². The molecule has 1 rings (SSSR count). The van der Waals surface area contributed by atoms with Crippen molar-refractivity contribution in [1.29, 1.82) is 0 Å². The number of thioether (sulfide) groups is 1. The third-order valence-corrected chi connectivity index (χ3v) is 3.31. The van der Waals surface area contributed by atoms with Crippen LogP contribution < -0.4 is 5.32 Å². The summed E-state index contributed by atoms with van der Waals surface area (Å²) < 4.78 is 1.76. The summed E-state index contributed by atoms with van der Waals surface area (Å²) in [6, 6.07) is 0. The van der Waals surface area contributed by atoms with Crippen molar-refractivity contribution in [1.82, 2.24) is 20.1 Å². The molecule has 1 aromatic heterocycles. The zero-order valence-corrected chi connectivity index (χ0v) is 11.9. The van der Waals surface area contributed by atoms with Gasteiger partial charge in [-0.1, -0.05) is 18.7 Å². The molecule has 0 radical (unpaired) electrons. The van der Waals surface area contributed by atoms with Crippen molar-refractivity contribution in [2.75, 3.05) is 12.3 Å². The van der Waals surface area contributed by atoms with Crippen molar-refractivity contribution in [2.24, 2.45) is 0 Å². The first-order valence-corrected chi connectivity index (χ1v) is 7.04. The summed E-state index contributed by atoms with van der Waals surface area (Å²) in [6.07, 6.45) is 1.23. The van der Waals surface area contributed by atoms with E-state index in [-0.39, 0.29) is 11.7 Å². The number of aromatic nitrogens is 3. The number of carbonyl (C=O) groups excluding carboxylic acids is 1. The number of aryl methyl sites for hydroxylation is 1. The van der Waals surface area contributed by atoms with E-state index in [0.29, 0.717) is 30.5 Å². The van der Waals surface area contributed by atoms with Crippen LogP contribution in [0.25, 0.3) is 0 Å². The number of nitrogens with one attached hydrogen (secondary N) is 1. The highest BCUT2D eigenvalue weighted by atomic mass is 32.2. The molecule has 0 aliphatic rings. The standard InChI is InChI=1S/C11H18N4O3S/c1-3-5-12-9(16)4-6-15-8(2)13-14-11(15)19-7-10(17)18/h3-7H2,1-2H3,(H,12,16)(H,17,18). The van der Waals surface area contributed by atoms with Crippen LogP contribution in [0.5, 0.6) is 0 Å². The van der Waals surface area contributed by atoms with Crippen molar-refractivity contribution in [3.05, 3.63) is 5.82 Å². The molecular weight excluding hydrogens is 268 g/mol. The van der Waals surface area contributed by atoms with Crippen LogP contribution >= 0.6 is 11.8 Å². The number of amides is 1. The monoisotopic (exact) mass is 286 g/mol. The number of nitrogens with zero attached hydrogens (tertiary/aromatic N) is 3. The highest BCUT2D eigenvalue weighted by molar-refractivity contribution is 7.99. The van der Waals surface area contributed by atoms with Crippen molar-refractivity contribution in [2.45, 2.75) is 38.4 Å². The highest BCUT2D eigenvalue weighted by Gasteiger charge is 2.12. The van der Waals surface area contributed by atoms with E-state index in [0.717, 1.165) is 18.2 Å². The minimum Gasteiger partial charge on any atom is -0.481 e. The predicted octanol–water partition coefficient (Wildman–Crippen LogP) is 0.680. The van der Waals surface area contributed by atoms with Crippen LogP contribution in [0.15, 0.2) is 5.16 Å². The molecule has 2 N–H and O–H groups in total. The second-order valence-corrected chi connectivity index (χ2v) is 4.91. The molecular formula is C11H18N4O3S. The quantitative estimate of drug-likeness (QED) is 0.682. The van der Waals surface area contributed by atoms with E-state index in [4.69, 9.17) is 5.11 Å². The van der Waals surface area contributed by atoms with Gasteiger partial charge in [-0.15, -0.1) is 10.2 Å². The van der Waals surface area contributed by atoms with Crippen molar-refractivity contribution >= 4 is 23.6 Å². The van der Waals surface area contributed by atoms with E-state index < -0.39 is 5.97 Å². The lowest BCUT2D eigenvalue weighted by molar-refractivity contribution is -0.134. The Morgan fingerprint density at radius 2 is 2.16 bits per heavy atom. The summed E-state index contributed by atoms with van der Waals surface area (Å²) in [7, 11) is 0. The van der Waals surface area contributed by atoms with E-state index in [2.05, 4.69) is 15.5 Å². The molecule has 0 aliphatic heterocycles. The Morgan fingerprint density at radius 3 is 2.79 bits per heavy atom. The van der Waals surface area contributed by atoms with Gasteiger partial charge in [-0.25, -0.2) is 0 Å². The van der Waals surface area contributed by atoms with Gasteiger partial charge >= 0.3 is 5.97 Å². The molecule has 19 heavy (non-hydrogen) atoms. The molecule has 0 bridgehead atoms. The summed E-state index contributed by atoms with van der Waals surface area (Å²) in [6.45, 7) is 4.89. The number of hydrogen-bond acceptors (Lipinski definition) is 5. The van der Waals surface area contributed by atoms with Crippen LogP contribution in [-0.4, -0.2) is 44.0 Å². The molecule has 0 fully saturated rings. The van der Waals surface area contributed by atoms with Crippen LogP contribution in [-0.2, 0) is 16.1 Å². The van der Waals surface area contributed by atoms with Crippen molar-refractivity contribution in [3.63, 3.8) is 0 Å². The molecule has 0 spiro atoms. The van der Waals surface area contributed by atoms with Gasteiger partial charge < -0.3 is 15.0 Å². The van der Waals surface area contributed by atoms with Crippen molar-refractivity contribution in [3.8, 4) is 0 Å². The van der Waals surface area contributed by atoms with Gasteiger partial charge in [-0.2, -0.15) is 0 Å². The average Bonchev–Trinajstić information content (AvgIpc) is 2.72. The zero-order valence-electron chi connectivity index (χ0n) is 11.0. The molecule has 0 atom stereocenters. The number of hydrogen-bond donors (Lipinski definition) is 2. The summed E-state index contributed by atoms with van der Waals surface area (Å²) in [5.41, 5.74) is 0. The first-order chi connectivity index (χ1) is 9.04. The smallest absolute Gasteiger partial charge is 0.313 e. The Hall–Kier alpha value is -1.57. The van der Waals surface area contributed by atoms with Crippen LogP contribution in [0.1, 0.15) is 25.6 Å². The minimum absolute atomic E-state index is 0.0239. The third kappa shape index (κ3) is 5.29. The number of rotatable bonds is 8. The van der Waals surface area contributed by atoms with Crippen LogP contribution in [0.4, 0.5) is 0 Å². The van der Waals surface area contributed by atoms with E-state index in [1.807, 2.05) is 6.92 Å². The second-order valence-electron chi connectivity index (χ2n) is 3.96. The van der Waals surface area contributed by atoms with E-state index in [1.54, 1.807) is 11.5 Å². The molecule has 0 saturated carbocycles. The van der Waals surface area contributed by atoms with Gasteiger partial charge in [0.2, 0.25) is 5.91 Å². The third-order valence-electron chi connectivity index (χ3n) is 2.36. The maximum absolute atomic E-state index is 11.5. The minimum atomic E-state index is -0.905. The Balaban J connectivity index is 2.54. The van der Waals surface area contributed by atoms with E-state index in [1.165, 1.54) is 0 Å². The summed E-state index contributed by atoms with van der Waals surface area (Å²) in [5, 5.41) is 19.8. The van der Waals surface area contributed by atoms with Crippen molar-refractivity contribution < 1.29 is 14.7 Å². The molecule has 7 nitrogen and oxygen atoms in total. The molecule has 8 heteroatoms. The average molecular weight is 286 g/mol. The van der Waals surface area contributed by atoms with E-state index >= 15 is 0 Å². The van der Waals surface area contributed by atoms with Crippen LogP contribution in [0, 0.1) is 6.92 Å². The molecule has 1 amide bonds. The van der Waals surface area contributed by atoms with Gasteiger partial charge in [0.25, 0.3) is 0 Å². The maximum atomic E-state index is 11.5. The Labute approximate surface area is 115 Å². The molecule has 106 valence electrons. The Bertz CT molecular complexity index is 447. The Morgan fingerprint density at radius 1 is 1.42 bits per heavy atom. The lowest BCUT2D eigenvalue weighted by Gasteiger charge is -2.08. The highest BCUT2D eigenvalue weighted by Crippen LogP contribution is 2.16. The van der Waals surface area contributed by atoms with Gasteiger partial charge in [-0.05, 0) is 13.3 Å². The number of carboxylic acid groups (broad SMARTS) is 1. The number of aliphatic carboxylic acids is 1. The Kier molecular flexibility index (Phi) is 6.34. The molecule has 0 saturated heterocycles. The number of carboxylic acids is 1. The lowest BCUT2D eigenvalue weighted by atomic mass is 10.3. The lowest BCUT2D eigenvalue weighted by Crippen LogP contribution is -2.25. The molecule has 0 aromatic carbocycles. The zero-order chi connectivity index (χ0) is 14.3. The summed E-state index contributed by atoms with van der Waals surface area (Å²) >= 11 is 1.10. The fourth-order valence-corrected chi connectivity index (χ4v) is 2.15. The maximum Gasteiger partial charge on any atom is 0.313 e. The molecule has 1 aromatic rings. The van der Waals surface area contributed by atoms with Gasteiger partial charge in [-0.3, -0.25) is 9.59 Å². The van der Waals surface area contributed by atoms with Gasteiger partial charge in [0.05, 0.1) is 5.75 Å². The largest absolute Gasteiger partial charge is 0.481 e. The summed E-state index contributed by atoms with van der Waals surface area (Å²) in [4.78, 5) is 22.1. The van der Waals surface area contributed by atoms with Crippen LogP contribution in [0.2, 0.25) is 0 Å². The van der Waals surface area contributed by atoms with Gasteiger partial charge in [0.1, 0.15) is 5.82 Å². The molecule has 1 heterocycles. The second kappa shape index (κ2) is 7.78. The topological polar surface area (TPSA) is 97.1 Å². The first-order valence-electron chi connectivity index (χ1n) is 6.05. The fraction of sp³-hybridized carbons (Fsp3) is 0.636. The van der Waals surface area contributed by atoms with E-state index in [9.17, 15) is 9.59 Å². The SMILES string of the molecule is CCCNC(=O)CCn1c(C)nnc1SCC(=O)O. The number of carbonyl (C=O) groups is 2.